The highest BCUT2D eigenvalue weighted by Gasteiger charge is 2.47. The largest absolute Gasteiger partial charge is 0.345 e. The third-order valence-electron chi connectivity index (χ3n) is 7.98. The zero-order valence-electron chi connectivity index (χ0n) is 21.5. The van der Waals surface area contributed by atoms with Crippen molar-refractivity contribution in [2.75, 3.05) is 26.2 Å². The molecule has 1 atom stereocenters. The molecule has 2 aliphatic rings. The molecular formula is C31H35BrClN3O2. The number of hydrogen-bond donors (Lipinski definition) is 1. The SMILES string of the molecule is Cl.O=C(NC(CCN1CCC2(CC1)CCN(Cc1ccc(Br)cc1)C2=O)c1ccccc1)c1ccccc1. The number of nitrogens with one attached hydrogen (secondary N) is 1. The van der Waals surface area contributed by atoms with Crippen molar-refractivity contribution in [3.05, 3.63) is 106 Å². The molecule has 2 aliphatic heterocycles. The Morgan fingerprint density at radius 2 is 1.47 bits per heavy atom. The second-order valence-corrected chi connectivity index (χ2v) is 11.2. The predicted molar refractivity (Wildman–Crippen MR) is 157 cm³/mol. The van der Waals surface area contributed by atoms with Crippen LogP contribution < -0.4 is 5.32 Å². The number of amides is 2. The molecule has 200 valence electrons. The fourth-order valence-electron chi connectivity index (χ4n) is 5.67. The van der Waals surface area contributed by atoms with Gasteiger partial charge >= 0.3 is 0 Å². The Morgan fingerprint density at radius 3 is 2.13 bits per heavy atom. The summed E-state index contributed by atoms with van der Waals surface area (Å²) in [5.41, 5.74) is 2.77. The van der Waals surface area contributed by atoms with Crippen molar-refractivity contribution < 1.29 is 9.59 Å². The van der Waals surface area contributed by atoms with Gasteiger partial charge in [0.2, 0.25) is 5.91 Å². The number of carbonyl (C=O) groups is 2. The second kappa shape index (κ2) is 12.9. The molecule has 7 heteroatoms. The first-order valence-electron chi connectivity index (χ1n) is 13.2. The van der Waals surface area contributed by atoms with Crippen molar-refractivity contribution in [3.8, 4) is 0 Å². The predicted octanol–water partition coefficient (Wildman–Crippen LogP) is 6.25. The number of likely N-dealkylation sites (tertiary alicyclic amines) is 2. The lowest BCUT2D eigenvalue weighted by Crippen LogP contribution is -2.45. The maximum Gasteiger partial charge on any atom is 0.251 e. The van der Waals surface area contributed by atoms with E-state index in [4.69, 9.17) is 0 Å². The van der Waals surface area contributed by atoms with E-state index < -0.39 is 0 Å². The Morgan fingerprint density at radius 1 is 0.868 bits per heavy atom. The van der Waals surface area contributed by atoms with E-state index in [1.54, 1.807) is 0 Å². The van der Waals surface area contributed by atoms with Gasteiger partial charge in [-0.25, -0.2) is 0 Å². The zero-order chi connectivity index (χ0) is 25.7. The van der Waals surface area contributed by atoms with Crippen LogP contribution in [0.4, 0.5) is 0 Å². The molecule has 0 bridgehead atoms. The zero-order valence-corrected chi connectivity index (χ0v) is 23.9. The molecule has 0 radical (unpaired) electrons. The molecule has 5 rings (SSSR count). The minimum atomic E-state index is -0.202. The fraction of sp³-hybridized carbons (Fsp3) is 0.355. The van der Waals surface area contributed by atoms with Crippen molar-refractivity contribution in [2.45, 2.75) is 38.3 Å². The van der Waals surface area contributed by atoms with Gasteiger partial charge in [0.05, 0.1) is 11.5 Å². The first-order chi connectivity index (χ1) is 18.0. The summed E-state index contributed by atoms with van der Waals surface area (Å²) in [5, 5.41) is 3.25. The van der Waals surface area contributed by atoms with E-state index in [1.165, 1.54) is 5.56 Å². The summed E-state index contributed by atoms with van der Waals surface area (Å²) in [5.74, 6) is 0.279. The summed E-state index contributed by atoms with van der Waals surface area (Å²) in [7, 11) is 0. The number of hydrogen-bond acceptors (Lipinski definition) is 3. The normalized spacial score (nSPS) is 17.7. The van der Waals surface area contributed by atoms with Crippen LogP contribution in [-0.4, -0.2) is 47.8 Å². The van der Waals surface area contributed by atoms with E-state index in [0.29, 0.717) is 18.0 Å². The quantitative estimate of drug-likeness (QED) is 0.335. The summed E-state index contributed by atoms with van der Waals surface area (Å²) in [6.45, 7) is 4.27. The van der Waals surface area contributed by atoms with Crippen LogP contribution in [0.5, 0.6) is 0 Å². The Labute approximate surface area is 240 Å². The van der Waals surface area contributed by atoms with Gasteiger partial charge in [0.15, 0.2) is 0 Å². The van der Waals surface area contributed by atoms with Gasteiger partial charge < -0.3 is 15.1 Å². The molecule has 3 aromatic carbocycles. The molecule has 0 aliphatic carbocycles. The lowest BCUT2D eigenvalue weighted by Gasteiger charge is -2.38. The van der Waals surface area contributed by atoms with Crippen LogP contribution in [0.25, 0.3) is 0 Å². The van der Waals surface area contributed by atoms with Gasteiger partial charge in [0.1, 0.15) is 0 Å². The van der Waals surface area contributed by atoms with E-state index in [1.807, 2.05) is 65.6 Å². The molecule has 1 N–H and O–H groups in total. The highest BCUT2D eigenvalue weighted by atomic mass is 79.9. The summed E-state index contributed by atoms with van der Waals surface area (Å²) in [6.07, 6.45) is 3.61. The van der Waals surface area contributed by atoms with E-state index in [9.17, 15) is 9.59 Å². The maximum absolute atomic E-state index is 13.4. The van der Waals surface area contributed by atoms with Crippen LogP contribution in [0.2, 0.25) is 0 Å². The molecule has 0 saturated carbocycles. The van der Waals surface area contributed by atoms with E-state index in [2.05, 4.69) is 50.4 Å². The lowest BCUT2D eigenvalue weighted by molar-refractivity contribution is -0.138. The number of halogens is 2. The average molecular weight is 597 g/mol. The van der Waals surface area contributed by atoms with Crippen molar-refractivity contribution in [2.24, 2.45) is 5.41 Å². The first-order valence-corrected chi connectivity index (χ1v) is 14.0. The molecule has 38 heavy (non-hydrogen) atoms. The molecular weight excluding hydrogens is 562 g/mol. The molecule has 3 aromatic rings. The number of nitrogens with zero attached hydrogens (tertiary/aromatic N) is 2. The van der Waals surface area contributed by atoms with Gasteiger partial charge in [-0.15, -0.1) is 12.4 Å². The number of benzene rings is 3. The summed E-state index contributed by atoms with van der Waals surface area (Å²) in [6, 6.07) is 27.8. The summed E-state index contributed by atoms with van der Waals surface area (Å²) < 4.78 is 1.06. The third kappa shape index (κ3) is 6.66. The van der Waals surface area contributed by atoms with Crippen LogP contribution in [0.3, 0.4) is 0 Å². The monoisotopic (exact) mass is 595 g/mol. The molecule has 2 saturated heterocycles. The average Bonchev–Trinajstić information content (AvgIpc) is 3.23. The fourth-order valence-corrected chi connectivity index (χ4v) is 5.94. The Balaban J connectivity index is 0.00000336. The van der Waals surface area contributed by atoms with Crippen molar-refractivity contribution >= 4 is 40.2 Å². The Bertz CT molecular complexity index is 1200. The molecule has 1 unspecified atom stereocenters. The van der Waals surface area contributed by atoms with Crippen LogP contribution in [0.15, 0.2) is 89.4 Å². The van der Waals surface area contributed by atoms with Gasteiger partial charge in [0.25, 0.3) is 5.91 Å². The molecule has 2 amide bonds. The highest BCUT2D eigenvalue weighted by Crippen LogP contribution is 2.42. The molecule has 5 nitrogen and oxygen atoms in total. The van der Waals surface area contributed by atoms with Crippen LogP contribution >= 0.6 is 28.3 Å². The van der Waals surface area contributed by atoms with Crippen molar-refractivity contribution in [3.63, 3.8) is 0 Å². The minimum absolute atomic E-state index is 0. The van der Waals surface area contributed by atoms with Crippen LogP contribution in [0, 0.1) is 5.41 Å². The van der Waals surface area contributed by atoms with E-state index >= 15 is 0 Å². The highest BCUT2D eigenvalue weighted by molar-refractivity contribution is 9.10. The Kier molecular flexibility index (Phi) is 9.64. The van der Waals surface area contributed by atoms with Crippen molar-refractivity contribution in [1.29, 1.82) is 0 Å². The van der Waals surface area contributed by atoms with Crippen molar-refractivity contribution in [1.82, 2.24) is 15.1 Å². The molecule has 2 fully saturated rings. The number of piperidine rings is 1. The van der Waals surface area contributed by atoms with Crippen LogP contribution in [-0.2, 0) is 11.3 Å². The summed E-state index contributed by atoms with van der Waals surface area (Å²) >= 11 is 3.48. The van der Waals surface area contributed by atoms with Gasteiger partial charge in [-0.1, -0.05) is 76.6 Å². The first kappa shape index (κ1) is 28.3. The second-order valence-electron chi connectivity index (χ2n) is 10.3. The number of carbonyl (C=O) groups excluding carboxylic acids is 2. The topological polar surface area (TPSA) is 52.7 Å². The van der Waals surface area contributed by atoms with Crippen LogP contribution in [0.1, 0.15) is 53.2 Å². The third-order valence-corrected chi connectivity index (χ3v) is 8.51. The lowest BCUT2D eigenvalue weighted by atomic mass is 9.77. The minimum Gasteiger partial charge on any atom is -0.345 e. The number of rotatable bonds is 8. The van der Waals surface area contributed by atoms with Gasteiger partial charge in [-0.05, 0) is 74.2 Å². The Hall–Kier alpha value is -2.67. The smallest absolute Gasteiger partial charge is 0.251 e. The van der Waals surface area contributed by atoms with Gasteiger partial charge in [-0.3, -0.25) is 9.59 Å². The van der Waals surface area contributed by atoms with E-state index in [0.717, 1.165) is 61.9 Å². The molecule has 2 heterocycles. The molecule has 0 aromatic heterocycles. The van der Waals surface area contributed by atoms with Gasteiger partial charge in [0, 0.05) is 29.7 Å². The standard InChI is InChI=1S/C31H34BrN3O2.ClH/c32-27-13-11-24(12-14-27)23-35-22-18-31(30(35)37)16-20-34(21-17-31)19-15-28(25-7-3-1-4-8-25)33-29(36)26-9-5-2-6-10-26;/h1-14,28H,15-23H2,(H,33,36);1H. The van der Waals surface area contributed by atoms with Gasteiger partial charge in [-0.2, -0.15) is 0 Å². The summed E-state index contributed by atoms with van der Waals surface area (Å²) in [4.78, 5) is 30.8. The van der Waals surface area contributed by atoms with E-state index in [-0.39, 0.29) is 29.8 Å². The molecule has 1 spiro atoms. The maximum atomic E-state index is 13.4.